The normalized spacial score (nSPS) is 12.0. The topological polar surface area (TPSA) is 73.2 Å². The minimum Gasteiger partial charge on any atom is -0.449 e. The lowest BCUT2D eigenvalue weighted by Gasteiger charge is -2.13. The van der Waals surface area contributed by atoms with Crippen LogP contribution in [0.4, 0.5) is 5.69 Å². The molecule has 0 aliphatic heterocycles. The van der Waals surface area contributed by atoms with Gasteiger partial charge < -0.3 is 10.1 Å². The van der Waals surface area contributed by atoms with Gasteiger partial charge in [0.2, 0.25) is 0 Å². The second kappa shape index (κ2) is 10.1. The van der Waals surface area contributed by atoms with Crippen molar-refractivity contribution in [2.45, 2.75) is 33.4 Å². The predicted octanol–water partition coefficient (Wildman–Crippen LogP) is 4.79. The monoisotopic (exact) mass is 437 g/mol. The highest BCUT2D eigenvalue weighted by Crippen LogP contribution is 2.22. The quantitative estimate of drug-likeness (QED) is 0.426. The Labute approximate surface area is 186 Å². The van der Waals surface area contributed by atoms with Crippen LogP contribution in [0.2, 0.25) is 5.15 Å². The Balaban J connectivity index is 1.62. The molecule has 0 spiro atoms. The maximum atomic E-state index is 12.3. The summed E-state index contributed by atoms with van der Waals surface area (Å²) < 4.78 is 6.90. The van der Waals surface area contributed by atoms with Crippen molar-refractivity contribution in [2.75, 3.05) is 5.32 Å². The minimum atomic E-state index is -0.950. The van der Waals surface area contributed by atoms with Gasteiger partial charge in [-0.3, -0.25) is 4.79 Å². The molecule has 1 amide bonds. The van der Waals surface area contributed by atoms with Crippen LogP contribution < -0.4 is 5.32 Å². The summed E-state index contributed by atoms with van der Waals surface area (Å²) in [5, 5.41) is 7.63. The lowest BCUT2D eigenvalue weighted by molar-refractivity contribution is -0.148. The number of anilines is 1. The Morgan fingerprint density at radius 1 is 1.13 bits per heavy atom. The molecule has 6 nitrogen and oxygen atoms in total. The number of rotatable bonds is 7. The van der Waals surface area contributed by atoms with Crippen molar-refractivity contribution in [2.24, 2.45) is 0 Å². The van der Waals surface area contributed by atoms with E-state index in [1.54, 1.807) is 16.8 Å². The van der Waals surface area contributed by atoms with Gasteiger partial charge in [0.05, 0.1) is 12.2 Å². The highest BCUT2D eigenvalue weighted by atomic mass is 35.5. The maximum absolute atomic E-state index is 12.3. The predicted molar refractivity (Wildman–Crippen MR) is 122 cm³/mol. The third kappa shape index (κ3) is 5.83. The smallest absolute Gasteiger partial charge is 0.331 e. The number of para-hydroxylation sites is 1. The number of esters is 1. The largest absolute Gasteiger partial charge is 0.449 e. The van der Waals surface area contributed by atoms with Gasteiger partial charge in [0.1, 0.15) is 5.15 Å². The summed E-state index contributed by atoms with van der Waals surface area (Å²) >= 11 is 6.46. The van der Waals surface area contributed by atoms with Gasteiger partial charge in [-0.15, -0.1) is 0 Å². The fraction of sp³-hybridized carbons (Fsp3) is 0.208. The summed E-state index contributed by atoms with van der Waals surface area (Å²) in [4.78, 5) is 24.5. The highest BCUT2D eigenvalue weighted by molar-refractivity contribution is 6.31. The molecule has 0 radical (unpaired) electrons. The molecule has 160 valence electrons. The van der Waals surface area contributed by atoms with E-state index in [0.717, 1.165) is 11.1 Å². The van der Waals surface area contributed by atoms with E-state index in [1.165, 1.54) is 13.0 Å². The van der Waals surface area contributed by atoms with Crippen molar-refractivity contribution >= 4 is 35.2 Å². The van der Waals surface area contributed by atoms with Gasteiger partial charge in [0.15, 0.2) is 6.10 Å². The van der Waals surface area contributed by atoms with E-state index in [0.29, 0.717) is 28.6 Å². The first-order chi connectivity index (χ1) is 14.8. The molecule has 3 aromatic rings. The van der Waals surface area contributed by atoms with Gasteiger partial charge in [-0.1, -0.05) is 60.1 Å². The molecule has 1 N–H and O–H groups in total. The number of hydrogen-bond acceptors (Lipinski definition) is 4. The van der Waals surface area contributed by atoms with E-state index in [4.69, 9.17) is 16.3 Å². The lowest BCUT2D eigenvalue weighted by Crippen LogP contribution is -2.29. The number of halogens is 1. The van der Waals surface area contributed by atoms with E-state index in [2.05, 4.69) is 10.4 Å². The Bertz CT molecular complexity index is 1110. The van der Waals surface area contributed by atoms with E-state index in [1.807, 2.05) is 62.4 Å². The lowest BCUT2D eigenvalue weighted by atomic mass is 10.2. The van der Waals surface area contributed by atoms with Crippen LogP contribution in [0.15, 0.2) is 60.7 Å². The zero-order valence-electron chi connectivity index (χ0n) is 17.6. The van der Waals surface area contributed by atoms with Gasteiger partial charge in [-0.25, -0.2) is 9.48 Å². The molecule has 1 atom stereocenters. The van der Waals surface area contributed by atoms with Crippen molar-refractivity contribution in [3.8, 4) is 0 Å². The molecule has 31 heavy (non-hydrogen) atoms. The molecule has 1 unspecified atom stereocenters. The second-order valence-electron chi connectivity index (χ2n) is 7.15. The SMILES string of the molecule is Cc1ccccc1NC(=O)C(C)OC(=O)/C=C/c1c(C)nn(Cc2ccccc2)c1Cl. The first-order valence-corrected chi connectivity index (χ1v) is 10.2. The number of hydrogen-bond donors (Lipinski definition) is 1. The number of carbonyl (C=O) groups is 2. The van der Waals surface area contributed by atoms with Crippen LogP contribution in [0.5, 0.6) is 0 Å². The zero-order valence-corrected chi connectivity index (χ0v) is 18.4. The number of ether oxygens (including phenoxy) is 1. The van der Waals surface area contributed by atoms with Crippen LogP contribution in [-0.2, 0) is 20.9 Å². The van der Waals surface area contributed by atoms with Gasteiger partial charge in [0.25, 0.3) is 5.91 Å². The number of aryl methyl sites for hydroxylation is 2. The van der Waals surface area contributed by atoms with E-state index >= 15 is 0 Å². The van der Waals surface area contributed by atoms with Crippen molar-refractivity contribution in [1.29, 1.82) is 0 Å². The highest BCUT2D eigenvalue weighted by Gasteiger charge is 2.18. The summed E-state index contributed by atoms with van der Waals surface area (Å²) in [6, 6.07) is 17.2. The molecule has 0 aliphatic carbocycles. The van der Waals surface area contributed by atoms with E-state index in [9.17, 15) is 9.59 Å². The van der Waals surface area contributed by atoms with Crippen molar-refractivity contribution in [1.82, 2.24) is 9.78 Å². The molecular weight excluding hydrogens is 414 g/mol. The Kier molecular flexibility index (Phi) is 7.26. The number of benzene rings is 2. The summed E-state index contributed by atoms with van der Waals surface area (Å²) in [7, 11) is 0. The van der Waals surface area contributed by atoms with Crippen LogP contribution in [0, 0.1) is 13.8 Å². The molecule has 0 saturated carbocycles. The Hall–Kier alpha value is -3.38. The average Bonchev–Trinajstić information content (AvgIpc) is 3.01. The van der Waals surface area contributed by atoms with Gasteiger partial charge in [0, 0.05) is 17.3 Å². The average molecular weight is 438 g/mol. The van der Waals surface area contributed by atoms with Crippen LogP contribution in [0.1, 0.15) is 29.3 Å². The number of nitrogens with zero attached hydrogens (tertiary/aromatic N) is 2. The molecule has 3 rings (SSSR count). The molecule has 2 aromatic carbocycles. The third-order valence-corrected chi connectivity index (χ3v) is 5.13. The van der Waals surface area contributed by atoms with E-state index < -0.39 is 18.0 Å². The van der Waals surface area contributed by atoms with E-state index in [-0.39, 0.29) is 0 Å². The van der Waals surface area contributed by atoms with Gasteiger partial charge in [-0.2, -0.15) is 5.10 Å². The zero-order chi connectivity index (χ0) is 22.4. The maximum Gasteiger partial charge on any atom is 0.331 e. The van der Waals surface area contributed by atoms with Crippen molar-refractivity contribution in [3.05, 3.63) is 88.2 Å². The second-order valence-corrected chi connectivity index (χ2v) is 7.51. The van der Waals surface area contributed by atoms with Gasteiger partial charge >= 0.3 is 5.97 Å². The Morgan fingerprint density at radius 2 is 1.81 bits per heavy atom. The summed E-state index contributed by atoms with van der Waals surface area (Å²) in [5.41, 5.74) is 3.99. The first-order valence-electron chi connectivity index (χ1n) is 9.87. The summed E-state index contributed by atoms with van der Waals surface area (Å²) in [6.45, 7) is 5.75. The fourth-order valence-electron chi connectivity index (χ4n) is 2.98. The number of amides is 1. The number of carbonyl (C=O) groups excluding carboxylic acids is 2. The molecule has 1 aromatic heterocycles. The molecule has 0 fully saturated rings. The van der Waals surface area contributed by atoms with Crippen LogP contribution in [0.25, 0.3) is 6.08 Å². The van der Waals surface area contributed by atoms with Crippen LogP contribution in [0.3, 0.4) is 0 Å². The number of nitrogens with one attached hydrogen (secondary N) is 1. The molecule has 0 saturated heterocycles. The minimum absolute atomic E-state index is 0.402. The third-order valence-electron chi connectivity index (χ3n) is 4.74. The van der Waals surface area contributed by atoms with Crippen LogP contribution >= 0.6 is 11.6 Å². The molecule has 0 aliphatic rings. The van der Waals surface area contributed by atoms with Crippen LogP contribution in [-0.4, -0.2) is 27.8 Å². The Morgan fingerprint density at radius 3 is 2.52 bits per heavy atom. The standard InChI is InChI=1S/C24H24ClN3O3/c1-16-9-7-8-12-21(16)26-24(30)18(3)31-22(29)14-13-20-17(2)27-28(23(20)25)15-19-10-5-4-6-11-19/h4-14,18H,15H2,1-3H3,(H,26,30)/b14-13+. The summed E-state index contributed by atoms with van der Waals surface area (Å²) in [6.07, 6.45) is 1.86. The molecule has 0 bridgehead atoms. The first kappa shape index (κ1) is 22.3. The molecular formula is C24H24ClN3O3. The van der Waals surface area contributed by atoms with Crippen molar-refractivity contribution in [3.63, 3.8) is 0 Å². The molecule has 1 heterocycles. The van der Waals surface area contributed by atoms with Crippen molar-refractivity contribution < 1.29 is 14.3 Å². The molecule has 7 heteroatoms. The fourth-order valence-corrected chi connectivity index (χ4v) is 3.28. The summed E-state index contributed by atoms with van der Waals surface area (Å²) in [5.74, 6) is -1.04. The van der Waals surface area contributed by atoms with Gasteiger partial charge in [-0.05, 0) is 44.0 Å². The number of aromatic nitrogens is 2.